The molecule has 0 fully saturated rings. The van der Waals surface area contributed by atoms with Crippen molar-refractivity contribution in [3.05, 3.63) is 63.1 Å². The molecule has 0 aliphatic heterocycles. The minimum Gasteiger partial charge on any atom is -0.381 e. The number of hydrogen-bond donors (Lipinski definition) is 1. The molecule has 4 heteroatoms. The van der Waals surface area contributed by atoms with Crippen molar-refractivity contribution in [3.8, 4) is 0 Å². The Morgan fingerprint density at radius 1 is 1.00 bits per heavy atom. The first kappa shape index (κ1) is 14.0. The van der Waals surface area contributed by atoms with Gasteiger partial charge in [0.15, 0.2) is 0 Å². The zero-order valence-corrected chi connectivity index (χ0v) is 12.3. The van der Waals surface area contributed by atoms with Crippen molar-refractivity contribution in [1.29, 1.82) is 0 Å². The predicted molar refractivity (Wildman–Crippen MR) is 77.3 cm³/mol. The zero-order chi connectivity index (χ0) is 14.0. The lowest BCUT2D eigenvalue weighted by atomic mass is 10.1. The van der Waals surface area contributed by atoms with Crippen LogP contribution >= 0.6 is 15.9 Å². The molecule has 0 aliphatic rings. The summed E-state index contributed by atoms with van der Waals surface area (Å²) >= 11 is 3.15. The molecule has 0 radical (unpaired) electrons. The molecule has 19 heavy (non-hydrogen) atoms. The van der Waals surface area contributed by atoms with Gasteiger partial charge in [-0.05, 0) is 64.7 Å². The van der Waals surface area contributed by atoms with Crippen LogP contribution in [-0.2, 0) is 6.54 Å². The summed E-state index contributed by atoms with van der Waals surface area (Å²) in [7, 11) is 0. The summed E-state index contributed by atoms with van der Waals surface area (Å²) in [6.07, 6.45) is 0. The van der Waals surface area contributed by atoms with Crippen LogP contribution in [0.1, 0.15) is 16.7 Å². The minimum atomic E-state index is -0.302. The van der Waals surface area contributed by atoms with Crippen LogP contribution in [0.2, 0.25) is 0 Å². The van der Waals surface area contributed by atoms with Crippen molar-refractivity contribution < 1.29 is 8.78 Å². The minimum absolute atomic E-state index is 0.213. The van der Waals surface area contributed by atoms with Crippen molar-refractivity contribution >= 4 is 21.6 Å². The maximum Gasteiger partial charge on any atom is 0.139 e. The average molecular weight is 326 g/mol. The Labute approximate surface area is 119 Å². The molecule has 2 rings (SSSR count). The molecule has 0 saturated carbocycles. The van der Waals surface area contributed by atoms with Gasteiger partial charge in [-0.2, -0.15) is 0 Å². The molecular weight excluding hydrogens is 312 g/mol. The Kier molecular flexibility index (Phi) is 4.20. The van der Waals surface area contributed by atoms with Gasteiger partial charge in [-0.1, -0.05) is 12.1 Å². The SMILES string of the molecule is Cc1cc(CNc2cc(F)c(Br)cc2C)ccc1F. The first-order chi connectivity index (χ1) is 8.97. The van der Waals surface area contributed by atoms with Crippen LogP contribution in [0.4, 0.5) is 14.5 Å². The number of hydrogen-bond acceptors (Lipinski definition) is 1. The molecule has 0 heterocycles. The Bertz CT molecular complexity index is 611. The van der Waals surface area contributed by atoms with E-state index in [9.17, 15) is 8.78 Å². The van der Waals surface area contributed by atoms with Gasteiger partial charge < -0.3 is 5.32 Å². The van der Waals surface area contributed by atoms with E-state index in [2.05, 4.69) is 21.2 Å². The van der Waals surface area contributed by atoms with Crippen molar-refractivity contribution in [3.63, 3.8) is 0 Å². The van der Waals surface area contributed by atoms with E-state index in [1.165, 1.54) is 12.1 Å². The molecule has 0 atom stereocenters. The van der Waals surface area contributed by atoms with Crippen LogP contribution < -0.4 is 5.32 Å². The Balaban J connectivity index is 2.14. The fourth-order valence-corrected chi connectivity index (χ4v) is 2.31. The third kappa shape index (κ3) is 3.32. The number of anilines is 1. The second-order valence-electron chi connectivity index (χ2n) is 4.52. The standard InChI is InChI=1S/C15H14BrF2N/c1-9-5-11(3-4-13(9)17)8-19-15-7-14(18)12(16)6-10(15)2/h3-7,19H,8H2,1-2H3. The van der Waals surface area contributed by atoms with Gasteiger partial charge in [0.25, 0.3) is 0 Å². The summed E-state index contributed by atoms with van der Waals surface area (Å²) in [6.45, 7) is 4.16. The fourth-order valence-electron chi connectivity index (χ4n) is 1.85. The molecule has 0 aliphatic carbocycles. The maximum atomic E-state index is 13.5. The average Bonchev–Trinajstić information content (AvgIpc) is 2.36. The third-order valence-electron chi connectivity index (χ3n) is 2.97. The first-order valence-electron chi connectivity index (χ1n) is 5.92. The van der Waals surface area contributed by atoms with Crippen molar-refractivity contribution in [2.24, 2.45) is 0 Å². The number of benzene rings is 2. The van der Waals surface area contributed by atoms with Crippen LogP contribution in [0.5, 0.6) is 0 Å². The first-order valence-corrected chi connectivity index (χ1v) is 6.71. The molecule has 0 unspecified atom stereocenters. The van der Waals surface area contributed by atoms with E-state index < -0.39 is 0 Å². The predicted octanol–water partition coefficient (Wildman–Crippen LogP) is 4.96. The number of rotatable bonds is 3. The van der Waals surface area contributed by atoms with E-state index in [1.807, 2.05) is 6.92 Å². The van der Waals surface area contributed by atoms with Crippen molar-refractivity contribution in [1.82, 2.24) is 0 Å². The summed E-state index contributed by atoms with van der Waals surface area (Å²) in [5.41, 5.74) is 3.26. The quantitative estimate of drug-likeness (QED) is 0.841. The number of nitrogens with one attached hydrogen (secondary N) is 1. The summed E-state index contributed by atoms with van der Waals surface area (Å²) in [5.74, 6) is -0.516. The van der Waals surface area contributed by atoms with Crippen LogP contribution in [0.15, 0.2) is 34.8 Å². The van der Waals surface area contributed by atoms with Gasteiger partial charge in [0, 0.05) is 12.2 Å². The third-order valence-corrected chi connectivity index (χ3v) is 3.58. The maximum absolute atomic E-state index is 13.5. The van der Waals surface area contributed by atoms with Crippen molar-refractivity contribution in [2.45, 2.75) is 20.4 Å². The van der Waals surface area contributed by atoms with E-state index in [4.69, 9.17) is 0 Å². The smallest absolute Gasteiger partial charge is 0.139 e. The lowest BCUT2D eigenvalue weighted by Crippen LogP contribution is -2.02. The molecule has 0 aromatic heterocycles. The highest BCUT2D eigenvalue weighted by Gasteiger charge is 2.05. The van der Waals surface area contributed by atoms with Gasteiger partial charge in [-0.15, -0.1) is 0 Å². The lowest BCUT2D eigenvalue weighted by Gasteiger charge is -2.11. The molecule has 1 N–H and O–H groups in total. The van der Waals surface area contributed by atoms with Crippen molar-refractivity contribution in [2.75, 3.05) is 5.32 Å². The van der Waals surface area contributed by atoms with Gasteiger partial charge in [0.1, 0.15) is 11.6 Å². The lowest BCUT2D eigenvalue weighted by molar-refractivity contribution is 0.617. The van der Waals surface area contributed by atoms with E-state index >= 15 is 0 Å². The number of aryl methyl sites for hydroxylation is 2. The summed E-state index contributed by atoms with van der Waals surface area (Å²) in [4.78, 5) is 0. The topological polar surface area (TPSA) is 12.0 Å². The Morgan fingerprint density at radius 3 is 2.42 bits per heavy atom. The van der Waals surface area contributed by atoms with Gasteiger partial charge in [0.2, 0.25) is 0 Å². The Hall–Kier alpha value is -1.42. The normalized spacial score (nSPS) is 10.6. The molecular formula is C15H14BrF2N. The second-order valence-corrected chi connectivity index (χ2v) is 5.37. The van der Waals surface area contributed by atoms with Gasteiger partial charge in [-0.3, -0.25) is 0 Å². The van der Waals surface area contributed by atoms with Gasteiger partial charge in [0.05, 0.1) is 4.47 Å². The molecule has 2 aromatic carbocycles. The summed E-state index contributed by atoms with van der Waals surface area (Å²) in [5, 5.41) is 3.16. The van der Waals surface area contributed by atoms with Gasteiger partial charge >= 0.3 is 0 Å². The van der Waals surface area contributed by atoms with E-state index in [0.29, 0.717) is 16.6 Å². The van der Waals surface area contributed by atoms with Crippen LogP contribution in [0.3, 0.4) is 0 Å². The highest BCUT2D eigenvalue weighted by Crippen LogP contribution is 2.24. The molecule has 0 saturated heterocycles. The molecule has 0 spiro atoms. The van der Waals surface area contributed by atoms with E-state index in [-0.39, 0.29) is 11.6 Å². The number of halogens is 3. The molecule has 0 bridgehead atoms. The second kappa shape index (κ2) is 5.70. The van der Waals surface area contributed by atoms with Crippen LogP contribution in [0, 0.1) is 25.5 Å². The molecule has 0 amide bonds. The summed E-state index contributed by atoms with van der Waals surface area (Å²) in [6, 6.07) is 8.14. The molecule has 2 aromatic rings. The molecule has 1 nitrogen and oxygen atoms in total. The van der Waals surface area contributed by atoms with Crippen LogP contribution in [-0.4, -0.2) is 0 Å². The van der Waals surface area contributed by atoms with Gasteiger partial charge in [-0.25, -0.2) is 8.78 Å². The highest BCUT2D eigenvalue weighted by molar-refractivity contribution is 9.10. The van der Waals surface area contributed by atoms with Crippen LogP contribution in [0.25, 0.3) is 0 Å². The largest absolute Gasteiger partial charge is 0.381 e. The fraction of sp³-hybridized carbons (Fsp3) is 0.200. The van der Waals surface area contributed by atoms with E-state index in [1.54, 1.807) is 25.1 Å². The van der Waals surface area contributed by atoms with E-state index in [0.717, 1.165) is 16.8 Å². The zero-order valence-electron chi connectivity index (χ0n) is 10.7. The summed E-state index contributed by atoms with van der Waals surface area (Å²) < 4.78 is 27.1. The monoisotopic (exact) mass is 325 g/mol. The Morgan fingerprint density at radius 2 is 1.74 bits per heavy atom. The molecule has 100 valence electrons. The highest BCUT2D eigenvalue weighted by atomic mass is 79.9.